The molecular weight excluding hydrogens is 408 g/mol. The molecule has 1 aromatic heterocycles. The van der Waals surface area contributed by atoms with E-state index in [1.807, 2.05) is 13.1 Å². The fraction of sp³-hybridized carbons (Fsp3) is 0.500. The van der Waals surface area contributed by atoms with Crippen molar-refractivity contribution < 1.29 is 23.9 Å². The quantitative estimate of drug-likeness (QED) is 0.520. The van der Waals surface area contributed by atoms with Crippen molar-refractivity contribution in [1.29, 1.82) is 0 Å². The topological polar surface area (TPSA) is 104 Å². The van der Waals surface area contributed by atoms with E-state index in [-0.39, 0.29) is 24.5 Å². The summed E-state index contributed by atoms with van der Waals surface area (Å²) in [6.07, 6.45) is 6.62. The predicted octanol–water partition coefficient (Wildman–Crippen LogP) is 1.62. The van der Waals surface area contributed by atoms with Gasteiger partial charge in [0, 0.05) is 18.2 Å². The number of quaternary nitrogens is 1. The summed E-state index contributed by atoms with van der Waals surface area (Å²) in [5, 5.41) is 16.7. The number of aromatic nitrogens is 2. The second-order valence-corrected chi connectivity index (χ2v) is 9.23. The lowest BCUT2D eigenvalue weighted by atomic mass is 9.80. The Morgan fingerprint density at radius 2 is 1.94 bits per heavy atom. The highest BCUT2D eigenvalue weighted by atomic mass is 16.6. The van der Waals surface area contributed by atoms with E-state index in [0.29, 0.717) is 35.4 Å². The molecule has 170 valence electrons. The van der Waals surface area contributed by atoms with Crippen molar-refractivity contribution in [3.05, 3.63) is 54.5 Å². The van der Waals surface area contributed by atoms with Gasteiger partial charge in [-0.2, -0.15) is 0 Å². The van der Waals surface area contributed by atoms with Crippen molar-refractivity contribution in [2.24, 2.45) is 5.92 Å². The number of carbonyl (C=O) groups excluding carboxylic acids is 2. The number of nitrogens with zero attached hydrogens (tertiary/aromatic N) is 3. The summed E-state index contributed by atoms with van der Waals surface area (Å²) in [4.78, 5) is 33.6. The van der Waals surface area contributed by atoms with Crippen LogP contribution in [-0.2, 0) is 19.9 Å². The number of likely N-dealkylation sites (tertiary alicyclic amines) is 1. The van der Waals surface area contributed by atoms with Crippen LogP contribution in [0, 0.1) is 5.92 Å². The van der Waals surface area contributed by atoms with E-state index in [9.17, 15) is 14.7 Å². The summed E-state index contributed by atoms with van der Waals surface area (Å²) in [6.45, 7) is 1.43. The molecule has 0 radical (unpaired) electrons. The summed E-state index contributed by atoms with van der Waals surface area (Å²) < 4.78 is 6.26. The van der Waals surface area contributed by atoms with E-state index in [1.165, 1.54) is 6.33 Å². The Hall–Kier alpha value is -2.84. The summed E-state index contributed by atoms with van der Waals surface area (Å²) in [7, 11) is 1.96. The van der Waals surface area contributed by atoms with Crippen molar-refractivity contribution in [3.8, 4) is 0 Å². The largest absolute Gasteiger partial charge is 0.837 e. The monoisotopic (exact) mass is 438 g/mol. The second-order valence-electron chi connectivity index (χ2n) is 9.23. The number of benzene rings is 1. The third-order valence-corrected chi connectivity index (χ3v) is 6.72. The van der Waals surface area contributed by atoms with E-state index >= 15 is 0 Å². The molecule has 1 aliphatic heterocycles. The molecule has 1 saturated heterocycles. The minimum Gasteiger partial charge on any atom is -0.837 e. The molecule has 2 aliphatic rings. The van der Waals surface area contributed by atoms with Crippen LogP contribution >= 0.6 is 0 Å². The molecular formula is C24H30N4O4. The number of amides is 1. The van der Waals surface area contributed by atoms with Crippen LogP contribution in [0.4, 0.5) is 5.82 Å². The highest BCUT2D eigenvalue weighted by Crippen LogP contribution is 2.40. The minimum absolute atomic E-state index is 0.161. The molecule has 3 atom stereocenters. The van der Waals surface area contributed by atoms with E-state index in [0.717, 1.165) is 25.7 Å². The minimum atomic E-state index is -1.88. The average Bonchev–Trinajstić information content (AvgIpc) is 3.45. The first kappa shape index (κ1) is 22.4. The van der Waals surface area contributed by atoms with Crippen LogP contribution < -0.4 is 10.4 Å². The first-order valence-corrected chi connectivity index (χ1v) is 11.3. The molecule has 2 aromatic rings. The lowest BCUT2D eigenvalue weighted by molar-refractivity contribution is -0.890. The van der Waals surface area contributed by atoms with Crippen molar-refractivity contribution in [2.45, 2.75) is 43.8 Å². The summed E-state index contributed by atoms with van der Waals surface area (Å²) in [5.41, 5.74) is -1.40. The molecule has 1 aliphatic carbocycles. The van der Waals surface area contributed by atoms with Gasteiger partial charge in [0.05, 0.1) is 13.6 Å². The number of carbonyl (C=O) groups is 2. The van der Waals surface area contributed by atoms with Gasteiger partial charge in [-0.1, -0.05) is 56.0 Å². The van der Waals surface area contributed by atoms with Crippen molar-refractivity contribution in [3.63, 3.8) is 0 Å². The number of esters is 1. The average molecular weight is 439 g/mol. The molecule has 2 unspecified atom stereocenters. The van der Waals surface area contributed by atoms with Gasteiger partial charge < -0.3 is 19.6 Å². The SMILES string of the molecule is C[N+]1(CC(=O)Nc2ccncn2)CC[C@@H](OC(=O)C([O-])(c2ccccc2)C2CCCC2)C1. The number of hydrogen-bond acceptors (Lipinski definition) is 6. The maximum absolute atomic E-state index is 14.0. The Balaban J connectivity index is 1.40. The molecule has 0 spiro atoms. The van der Waals surface area contributed by atoms with Crippen molar-refractivity contribution in [1.82, 2.24) is 9.97 Å². The third-order valence-electron chi connectivity index (χ3n) is 6.72. The lowest BCUT2D eigenvalue weighted by Crippen LogP contribution is -2.55. The fourth-order valence-corrected chi connectivity index (χ4v) is 5.04. The summed E-state index contributed by atoms with van der Waals surface area (Å²) in [6, 6.07) is 10.5. The molecule has 2 heterocycles. The predicted molar refractivity (Wildman–Crippen MR) is 116 cm³/mol. The molecule has 32 heavy (non-hydrogen) atoms. The number of hydrogen-bond donors (Lipinski definition) is 1. The second kappa shape index (κ2) is 9.34. The molecule has 4 rings (SSSR count). The van der Waals surface area contributed by atoms with Gasteiger partial charge in [0.2, 0.25) is 0 Å². The Morgan fingerprint density at radius 3 is 2.62 bits per heavy atom. The molecule has 1 aromatic carbocycles. The highest BCUT2D eigenvalue weighted by molar-refractivity contribution is 5.90. The Bertz CT molecular complexity index is 936. The Kier molecular flexibility index (Phi) is 6.53. The van der Waals surface area contributed by atoms with Crippen LogP contribution in [0.15, 0.2) is 48.9 Å². The highest BCUT2D eigenvalue weighted by Gasteiger charge is 2.43. The van der Waals surface area contributed by atoms with E-state index in [1.54, 1.807) is 36.5 Å². The van der Waals surface area contributed by atoms with E-state index < -0.39 is 11.6 Å². The lowest BCUT2D eigenvalue weighted by Gasteiger charge is -2.44. The molecule has 0 bridgehead atoms. The van der Waals surface area contributed by atoms with Crippen LogP contribution in [0.3, 0.4) is 0 Å². The Labute approximate surface area is 188 Å². The van der Waals surface area contributed by atoms with Gasteiger partial charge >= 0.3 is 5.97 Å². The first-order valence-electron chi connectivity index (χ1n) is 11.3. The van der Waals surface area contributed by atoms with Crippen LogP contribution in [0.25, 0.3) is 0 Å². The molecule has 1 saturated carbocycles. The first-order chi connectivity index (χ1) is 15.4. The Morgan fingerprint density at radius 1 is 1.19 bits per heavy atom. The molecule has 1 N–H and O–H groups in total. The van der Waals surface area contributed by atoms with Gasteiger partial charge in [0.25, 0.3) is 5.91 Å². The summed E-state index contributed by atoms with van der Waals surface area (Å²) >= 11 is 0. The van der Waals surface area contributed by atoms with Crippen LogP contribution in [0.2, 0.25) is 0 Å². The normalized spacial score (nSPS) is 25.2. The molecule has 8 nitrogen and oxygen atoms in total. The van der Waals surface area contributed by atoms with Crippen LogP contribution in [0.1, 0.15) is 37.7 Å². The number of anilines is 1. The zero-order valence-corrected chi connectivity index (χ0v) is 18.4. The van der Waals surface area contributed by atoms with Gasteiger partial charge in [-0.15, -0.1) is 0 Å². The smallest absolute Gasteiger partial charge is 0.300 e. The van der Waals surface area contributed by atoms with Gasteiger partial charge in [0.1, 0.15) is 18.7 Å². The van der Waals surface area contributed by atoms with Gasteiger partial charge in [0.15, 0.2) is 12.6 Å². The number of likely N-dealkylation sites (N-methyl/N-ethyl adjacent to an activating group) is 1. The zero-order valence-electron chi connectivity index (χ0n) is 18.4. The van der Waals surface area contributed by atoms with Gasteiger partial charge in [-0.05, 0) is 17.5 Å². The maximum Gasteiger partial charge on any atom is 0.300 e. The standard InChI is InChI=1S/C24H30N4O4/c1-28(16-22(29)27-21-11-13-25-17-26-21)14-12-20(15-28)32-23(30)24(31,19-9-5-6-10-19)18-7-3-2-4-8-18/h2-4,7-8,11,13,17,19-20H,5-6,9-10,12,14-16H2,1H3,(H,25,26,27,29)/t20-,24?,28?/m1/s1. The van der Waals surface area contributed by atoms with Gasteiger partial charge in [-0.25, -0.2) is 9.97 Å². The van der Waals surface area contributed by atoms with Gasteiger partial charge in [-0.3, -0.25) is 9.59 Å². The molecule has 1 amide bonds. The van der Waals surface area contributed by atoms with E-state index in [2.05, 4.69) is 15.3 Å². The molecule has 8 heteroatoms. The zero-order chi connectivity index (χ0) is 22.6. The number of ether oxygens (including phenoxy) is 1. The molecule has 2 fully saturated rings. The number of nitrogens with one attached hydrogen (secondary N) is 1. The maximum atomic E-state index is 14.0. The van der Waals surface area contributed by atoms with Crippen molar-refractivity contribution >= 4 is 17.7 Å². The number of rotatable bonds is 7. The summed E-state index contributed by atoms with van der Waals surface area (Å²) in [5.74, 6) is -0.640. The van der Waals surface area contributed by atoms with Crippen LogP contribution in [0.5, 0.6) is 0 Å². The third kappa shape index (κ3) is 4.81. The van der Waals surface area contributed by atoms with E-state index in [4.69, 9.17) is 4.74 Å². The fourth-order valence-electron chi connectivity index (χ4n) is 5.04. The van der Waals surface area contributed by atoms with Crippen molar-refractivity contribution in [2.75, 3.05) is 32.0 Å². The van der Waals surface area contributed by atoms with Crippen LogP contribution in [-0.4, -0.2) is 59.1 Å².